The van der Waals surface area contributed by atoms with Crippen LogP contribution in [0.4, 0.5) is 0 Å². The molecule has 1 saturated heterocycles. The van der Waals surface area contributed by atoms with Gasteiger partial charge >= 0.3 is 0 Å². The van der Waals surface area contributed by atoms with Gasteiger partial charge in [0, 0.05) is 45.4 Å². The molecule has 1 aromatic rings. The van der Waals surface area contributed by atoms with Gasteiger partial charge in [0.2, 0.25) is 5.91 Å². The van der Waals surface area contributed by atoms with Crippen LogP contribution >= 0.6 is 0 Å². The fourth-order valence-corrected chi connectivity index (χ4v) is 4.60. The molecule has 2 fully saturated rings. The number of nitrogens with zero attached hydrogens (tertiary/aromatic N) is 2. The fraction of sp³-hybridized carbons (Fsp3) is 0.652. The lowest BCUT2D eigenvalue weighted by molar-refractivity contribution is -0.129. The summed E-state index contributed by atoms with van der Waals surface area (Å²) in [7, 11) is 1.65. The third kappa shape index (κ3) is 5.58. The number of rotatable bonds is 8. The summed E-state index contributed by atoms with van der Waals surface area (Å²) in [6, 6.07) is 7.83. The quantitative estimate of drug-likeness (QED) is 0.679. The van der Waals surface area contributed by atoms with E-state index in [2.05, 4.69) is 17.1 Å². The zero-order valence-corrected chi connectivity index (χ0v) is 17.9. The van der Waals surface area contributed by atoms with E-state index in [-0.39, 0.29) is 17.9 Å². The second-order valence-electron chi connectivity index (χ2n) is 8.15. The molecule has 0 spiro atoms. The predicted octanol–water partition coefficient (Wildman–Crippen LogP) is 2.33. The molecular weight excluding hydrogens is 366 g/mol. The maximum Gasteiger partial charge on any atom is 0.253 e. The molecule has 1 aliphatic carbocycles. The highest BCUT2D eigenvalue weighted by molar-refractivity contribution is 5.94. The Hall–Kier alpha value is -1.92. The number of hydrogen-bond acceptors (Lipinski definition) is 4. The van der Waals surface area contributed by atoms with Crippen LogP contribution in [0.25, 0.3) is 0 Å². The fourth-order valence-electron chi connectivity index (χ4n) is 4.60. The number of methoxy groups -OCH3 is 1. The van der Waals surface area contributed by atoms with E-state index in [1.807, 2.05) is 29.2 Å². The van der Waals surface area contributed by atoms with Crippen molar-refractivity contribution < 1.29 is 14.3 Å². The van der Waals surface area contributed by atoms with Crippen LogP contribution in [0, 0.1) is 5.92 Å². The summed E-state index contributed by atoms with van der Waals surface area (Å²) in [6.45, 7) is 6.02. The lowest BCUT2D eigenvalue weighted by atomic mass is 9.95. The topological polar surface area (TPSA) is 61.9 Å². The van der Waals surface area contributed by atoms with Gasteiger partial charge in [-0.25, -0.2) is 0 Å². The van der Waals surface area contributed by atoms with E-state index in [0.717, 1.165) is 37.9 Å². The number of aryl methyl sites for hydroxylation is 1. The van der Waals surface area contributed by atoms with Gasteiger partial charge < -0.3 is 15.0 Å². The summed E-state index contributed by atoms with van der Waals surface area (Å²) >= 11 is 0. The second kappa shape index (κ2) is 10.7. The molecule has 0 radical (unpaired) electrons. The van der Waals surface area contributed by atoms with Crippen molar-refractivity contribution in [2.45, 2.75) is 45.1 Å². The monoisotopic (exact) mass is 401 g/mol. The Balaban J connectivity index is 1.59. The van der Waals surface area contributed by atoms with Crippen molar-refractivity contribution in [1.82, 2.24) is 15.1 Å². The molecule has 1 atom stereocenters. The highest BCUT2D eigenvalue weighted by Gasteiger charge is 2.37. The van der Waals surface area contributed by atoms with Crippen LogP contribution in [-0.2, 0) is 16.0 Å². The van der Waals surface area contributed by atoms with Crippen molar-refractivity contribution in [2.75, 3.05) is 46.4 Å². The van der Waals surface area contributed by atoms with Gasteiger partial charge in [0.15, 0.2) is 0 Å². The molecule has 160 valence electrons. The largest absolute Gasteiger partial charge is 0.383 e. The van der Waals surface area contributed by atoms with E-state index >= 15 is 0 Å². The molecule has 0 unspecified atom stereocenters. The van der Waals surface area contributed by atoms with Crippen LogP contribution in [0.2, 0.25) is 0 Å². The Morgan fingerprint density at radius 3 is 2.34 bits per heavy atom. The molecule has 6 nitrogen and oxygen atoms in total. The summed E-state index contributed by atoms with van der Waals surface area (Å²) in [6.07, 6.45) is 5.62. The molecule has 29 heavy (non-hydrogen) atoms. The van der Waals surface area contributed by atoms with Gasteiger partial charge in [0.25, 0.3) is 5.91 Å². The van der Waals surface area contributed by atoms with Gasteiger partial charge in [-0.2, -0.15) is 0 Å². The van der Waals surface area contributed by atoms with E-state index in [1.54, 1.807) is 7.11 Å². The first-order chi connectivity index (χ1) is 14.1. The maximum atomic E-state index is 12.9. The molecule has 1 aromatic carbocycles. The van der Waals surface area contributed by atoms with Crippen LogP contribution in [0.3, 0.4) is 0 Å². The number of hydrogen-bond donors (Lipinski definition) is 1. The van der Waals surface area contributed by atoms with Gasteiger partial charge in [-0.15, -0.1) is 0 Å². The van der Waals surface area contributed by atoms with Gasteiger partial charge in [-0.05, 0) is 42.9 Å². The molecule has 0 aromatic heterocycles. The average molecular weight is 402 g/mol. The number of piperazine rings is 1. The van der Waals surface area contributed by atoms with Gasteiger partial charge in [-0.1, -0.05) is 31.9 Å². The standard InChI is InChI=1S/C23H35N3O3/c1-3-18-8-10-20(11-9-18)23(28)26-15-13-25(14-16-26)21(19-6-4-5-7-19)22(27)24-12-17-29-2/h8-11,19,21H,3-7,12-17H2,1-2H3,(H,24,27)/t21-/m1/s1. The smallest absolute Gasteiger partial charge is 0.253 e. The Morgan fingerprint density at radius 2 is 1.76 bits per heavy atom. The number of ether oxygens (including phenoxy) is 1. The van der Waals surface area contributed by atoms with Crippen LogP contribution in [0.1, 0.15) is 48.5 Å². The SMILES string of the molecule is CCc1ccc(C(=O)N2CCN([C@@H](C(=O)NCCOC)C3CCCC3)CC2)cc1. The normalized spacial score (nSPS) is 19.3. The summed E-state index contributed by atoms with van der Waals surface area (Å²) in [5, 5.41) is 3.04. The van der Waals surface area contributed by atoms with E-state index < -0.39 is 0 Å². The highest BCUT2D eigenvalue weighted by Crippen LogP contribution is 2.31. The van der Waals surface area contributed by atoms with E-state index in [9.17, 15) is 9.59 Å². The minimum atomic E-state index is -0.0876. The second-order valence-corrected chi connectivity index (χ2v) is 8.15. The van der Waals surface area contributed by atoms with Crippen molar-refractivity contribution in [3.8, 4) is 0 Å². The van der Waals surface area contributed by atoms with E-state index in [0.29, 0.717) is 32.2 Å². The van der Waals surface area contributed by atoms with Crippen molar-refractivity contribution in [3.05, 3.63) is 35.4 Å². The molecule has 0 bridgehead atoms. The third-order valence-electron chi connectivity index (χ3n) is 6.32. The molecule has 2 aliphatic rings. The molecular formula is C23H35N3O3. The first kappa shape index (κ1) is 21.8. The number of carbonyl (C=O) groups excluding carboxylic acids is 2. The first-order valence-corrected chi connectivity index (χ1v) is 11.0. The first-order valence-electron chi connectivity index (χ1n) is 11.0. The van der Waals surface area contributed by atoms with Gasteiger partial charge in [-0.3, -0.25) is 14.5 Å². The van der Waals surface area contributed by atoms with E-state index in [1.165, 1.54) is 18.4 Å². The molecule has 1 heterocycles. The number of amides is 2. The maximum absolute atomic E-state index is 12.9. The van der Waals surface area contributed by atoms with Crippen molar-refractivity contribution >= 4 is 11.8 Å². The summed E-state index contributed by atoms with van der Waals surface area (Å²) in [5.41, 5.74) is 1.99. The van der Waals surface area contributed by atoms with Crippen molar-refractivity contribution in [1.29, 1.82) is 0 Å². The van der Waals surface area contributed by atoms with Crippen LogP contribution < -0.4 is 5.32 Å². The lowest BCUT2D eigenvalue weighted by Crippen LogP contribution is -2.58. The van der Waals surface area contributed by atoms with Crippen LogP contribution in [0.5, 0.6) is 0 Å². The third-order valence-corrected chi connectivity index (χ3v) is 6.32. The van der Waals surface area contributed by atoms with Crippen LogP contribution in [-0.4, -0.2) is 74.1 Å². The van der Waals surface area contributed by atoms with Gasteiger partial charge in [0.05, 0.1) is 12.6 Å². The molecule has 1 aliphatic heterocycles. The minimum absolute atomic E-state index is 0.0876. The zero-order valence-electron chi connectivity index (χ0n) is 17.9. The molecule has 2 amide bonds. The Bertz CT molecular complexity index is 662. The number of nitrogens with one attached hydrogen (secondary N) is 1. The van der Waals surface area contributed by atoms with Gasteiger partial charge in [0.1, 0.15) is 0 Å². The molecule has 1 saturated carbocycles. The Labute approximate surface area is 174 Å². The summed E-state index contributed by atoms with van der Waals surface area (Å²) in [5.74, 6) is 0.625. The van der Waals surface area contributed by atoms with E-state index in [4.69, 9.17) is 4.74 Å². The van der Waals surface area contributed by atoms with Crippen LogP contribution in [0.15, 0.2) is 24.3 Å². The highest BCUT2D eigenvalue weighted by atomic mass is 16.5. The van der Waals surface area contributed by atoms with Crippen molar-refractivity contribution in [3.63, 3.8) is 0 Å². The molecule has 6 heteroatoms. The lowest BCUT2D eigenvalue weighted by Gasteiger charge is -2.40. The summed E-state index contributed by atoms with van der Waals surface area (Å²) < 4.78 is 5.07. The predicted molar refractivity (Wildman–Crippen MR) is 114 cm³/mol. The molecule has 3 rings (SSSR count). The number of benzene rings is 1. The molecule has 1 N–H and O–H groups in total. The zero-order chi connectivity index (χ0) is 20.6. The minimum Gasteiger partial charge on any atom is -0.383 e. The summed E-state index contributed by atoms with van der Waals surface area (Å²) in [4.78, 5) is 30.0. The van der Waals surface area contributed by atoms with Crippen molar-refractivity contribution in [2.24, 2.45) is 5.92 Å². The Morgan fingerprint density at radius 1 is 1.10 bits per heavy atom. The average Bonchev–Trinajstić information content (AvgIpc) is 3.28. The number of carbonyl (C=O) groups is 2. The Kier molecular flexibility index (Phi) is 8.07.